The predicted octanol–water partition coefficient (Wildman–Crippen LogP) is 1.79. The van der Waals surface area contributed by atoms with Crippen LogP contribution in [0.2, 0.25) is 0 Å². The molecule has 1 aromatic rings. The van der Waals surface area contributed by atoms with E-state index in [0.29, 0.717) is 13.1 Å². The van der Waals surface area contributed by atoms with Crippen molar-refractivity contribution < 1.29 is 14.3 Å². The second kappa shape index (κ2) is 5.16. The standard InChI is InChI=1S/C13H18N2O3/c1-4-15-8-11(14-13(15)16)10-7-9(17-2)5-6-12(10)18-3/h5-7,11H,4,8H2,1-3H3,(H,14,16). The van der Waals surface area contributed by atoms with Gasteiger partial charge in [-0.3, -0.25) is 0 Å². The van der Waals surface area contributed by atoms with Crippen LogP contribution in [0.5, 0.6) is 11.5 Å². The SMILES string of the molecule is CCN1CC(c2cc(OC)ccc2OC)NC1=O. The van der Waals surface area contributed by atoms with Gasteiger partial charge in [-0.15, -0.1) is 0 Å². The molecule has 1 unspecified atom stereocenters. The highest BCUT2D eigenvalue weighted by molar-refractivity contribution is 5.77. The number of carbonyl (C=O) groups is 1. The quantitative estimate of drug-likeness (QED) is 0.886. The van der Waals surface area contributed by atoms with Gasteiger partial charge in [0.25, 0.3) is 0 Å². The molecule has 0 bridgehead atoms. The second-order valence-corrected chi connectivity index (χ2v) is 4.15. The number of methoxy groups -OCH3 is 2. The summed E-state index contributed by atoms with van der Waals surface area (Å²) in [5, 5.41) is 2.95. The fraction of sp³-hybridized carbons (Fsp3) is 0.462. The third kappa shape index (κ3) is 2.20. The summed E-state index contributed by atoms with van der Waals surface area (Å²) in [6.07, 6.45) is 0. The molecule has 0 aromatic heterocycles. The predicted molar refractivity (Wildman–Crippen MR) is 68.1 cm³/mol. The number of likely N-dealkylation sites (N-methyl/N-ethyl adjacent to an activating group) is 1. The molecule has 1 aliphatic heterocycles. The van der Waals surface area contributed by atoms with Gasteiger partial charge in [-0.25, -0.2) is 4.79 Å². The Labute approximate surface area is 107 Å². The topological polar surface area (TPSA) is 50.8 Å². The van der Waals surface area contributed by atoms with Crippen molar-refractivity contribution in [2.75, 3.05) is 27.3 Å². The highest BCUT2D eigenvalue weighted by Gasteiger charge is 2.30. The largest absolute Gasteiger partial charge is 0.497 e. The van der Waals surface area contributed by atoms with Gasteiger partial charge in [0, 0.05) is 18.7 Å². The van der Waals surface area contributed by atoms with E-state index in [2.05, 4.69) is 5.32 Å². The summed E-state index contributed by atoms with van der Waals surface area (Å²) in [6, 6.07) is 5.52. The zero-order valence-electron chi connectivity index (χ0n) is 10.9. The van der Waals surface area contributed by atoms with Crippen LogP contribution in [0, 0.1) is 0 Å². The Kier molecular flexibility index (Phi) is 3.60. The van der Waals surface area contributed by atoms with E-state index in [0.717, 1.165) is 17.1 Å². The van der Waals surface area contributed by atoms with Crippen LogP contribution in [-0.4, -0.2) is 38.2 Å². The molecule has 0 radical (unpaired) electrons. The van der Waals surface area contributed by atoms with Crippen molar-refractivity contribution >= 4 is 6.03 Å². The summed E-state index contributed by atoms with van der Waals surface area (Å²) in [6.45, 7) is 3.32. The van der Waals surface area contributed by atoms with Crippen molar-refractivity contribution in [3.63, 3.8) is 0 Å². The molecule has 2 rings (SSSR count). The molecule has 0 spiro atoms. The van der Waals surface area contributed by atoms with Crippen LogP contribution in [0.15, 0.2) is 18.2 Å². The molecule has 1 fully saturated rings. The smallest absolute Gasteiger partial charge is 0.318 e. The molecule has 5 nitrogen and oxygen atoms in total. The van der Waals surface area contributed by atoms with Crippen LogP contribution in [-0.2, 0) is 0 Å². The molecule has 1 atom stereocenters. The number of carbonyl (C=O) groups excluding carboxylic acids is 1. The number of nitrogens with zero attached hydrogens (tertiary/aromatic N) is 1. The van der Waals surface area contributed by atoms with Crippen molar-refractivity contribution in [3.05, 3.63) is 23.8 Å². The van der Waals surface area contributed by atoms with E-state index in [4.69, 9.17) is 9.47 Å². The third-order valence-electron chi connectivity index (χ3n) is 3.18. The van der Waals surface area contributed by atoms with E-state index in [1.54, 1.807) is 19.1 Å². The number of hydrogen-bond donors (Lipinski definition) is 1. The molecule has 1 N–H and O–H groups in total. The molecule has 2 amide bonds. The normalized spacial score (nSPS) is 18.7. The zero-order valence-corrected chi connectivity index (χ0v) is 10.9. The van der Waals surface area contributed by atoms with E-state index >= 15 is 0 Å². The minimum atomic E-state index is -0.0532. The van der Waals surface area contributed by atoms with Gasteiger partial charge in [0.2, 0.25) is 0 Å². The van der Waals surface area contributed by atoms with Crippen LogP contribution in [0.1, 0.15) is 18.5 Å². The van der Waals surface area contributed by atoms with E-state index in [-0.39, 0.29) is 12.1 Å². The van der Waals surface area contributed by atoms with Crippen molar-refractivity contribution in [2.45, 2.75) is 13.0 Å². The lowest BCUT2D eigenvalue weighted by molar-refractivity contribution is 0.219. The van der Waals surface area contributed by atoms with Gasteiger partial charge in [-0.05, 0) is 25.1 Å². The Morgan fingerprint density at radius 3 is 2.72 bits per heavy atom. The highest BCUT2D eigenvalue weighted by atomic mass is 16.5. The molecule has 0 saturated carbocycles. The van der Waals surface area contributed by atoms with E-state index in [1.807, 2.05) is 25.1 Å². The first-order valence-electron chi connectivity index (χ1n) is 5.97. The van der Waals surface area contributed by atoms with Crippen molar-refractivity contribution in [1.29, 1.82) is 0 Å². The average Bonchev–Trinajstić information content (AvgIpc) is 2.79. The van der Waals surface area contributed by atoms with Gasteiger partial charge in [0.1, 0.15) is 11.5 Å². The first-order valence-corrected chi connectivity index (χ1v) is 5.97. The number of urea groups is 1. The Hall–Kier alpha value is -1.91. The number of hydrogen-bond acceptors (Lipinski definition) is 3. The fourth-order valence-corrected chi connectivity index (χ4v) is 2.15. The summed E-state index contributed by atoms with van der Waals surface area (Å²) in [5.41, 5.74) is 0.946. The second-order valence-electron chi connectivity index (χ2n) is 4.15. The lowest BCUT2D eigenvalue weighted by Gasteiger charge is -2.16. The minimum Gasteiger partial charge on any atom is -0.497 e. The molecule has 1 aromatic carbocycles. The third-order valence-corrected chi connectivity index (χ3v) is 3.18. The number of benzene rings is 1. The number of nitrogens with one attached hydrogen (secondary N) is 1. The van der Waals surface area contributed by atoms with Crippen molar-refractivity contribution in [1.82, 2.24) is 10.2 Å². The van der Waals surface area contributed by atoms with Crippen molar-refractivity contribution in [3.8, 4) is 11.5 Å². The molecule has 98 valence electrons. The Morgan fingerprint density at radius 2 is 2.17 bits per heavy atom. The van der Waals surface area contributed by atoms with E-state index < -0.39 is 0 Å². The summed E-state index contributed by atoms with van der Waals surface area (Å²) >= 11 is 0. The summed E-state index contributed by atoms with van der Waals surface area (Å²) in [5.74, 6) is 1.52. The van der Waals surface area contributed by atoms with Gasteiger partial charge in [0.15, 0.2) is 0 Å². The Morgan fingerprint density at radius 1 is 1.39 bits per heavy atom. The Bertz CT molecular complexity index is 448. The van der Waals surface area contributed by atoms with E-state index in [1.165, 1.54) is 0 Å². The molecule has 1 heterocycles. The number of amides is 2. The van der Waals surface area contributed by atoms with Gasteiger partial charge in [0.05, 0.1) is 20.3 Å². The highest BCUT2D eigenvalue weighted by Crippen LogP contribution is 2.31. The van der Waals surface area contributed by atoms with Gasteiger partial charge >= 0.3 is 6.03 Å². The first kappa shape index (κ1) is 12.5. The lowest BCUT2D eigenvalue weighted by Crippen LogP contribution is -2.27. The molecule has 18 heavy (non-hydrogen) atoms. The molecular formula is C13H18N2O3. The minimum absolute atomic E-state index is 0.0348. The van der Waals surface area contributed by atoms with Crippen LogP contribution in [0.25, 0.3) is 0 Å². The van der Waals surface area contributed by atoms with Crippen LogP contribution < -0.4 is 14.8 Å². The lowest BCUT2D eigenvalue weighted by atomic mass is 10.1. The van der Waals surface area contributed by atoms with Gasteiger partial charge < -0.3 is 19.7 Å². The molecule has 5 heteroatoms. The first-order chi connectivity index (χ1) is 8.69. The van der Waals surface area contributed by atoms with Gasteiger partial charge in [-0.2, -0.15) is 0 Å². The van der Waals surface area contributed by atoms with Crippen LogP contribution in [0.3, 0.4) is 0 Å². The summed E-state index contributed by atoms with van der Waals surface area (Å²) in [7, 11) is 3.25. The molecule has 1 aliphatic rings. The van der Waals surface area contributed by atoms with Crippen LogP contribution in [0.4, 0.5) is 4.79 Å². The maximum atomic E-state index is 11.7. The van der Waals surface area contributed by atoms with Crippen LogP contribution >= 0.6 is 0 Å². The molecular weight excluding hydrogens is 232 g/mol. The molecule has 0 aliphatic carbocycles. The summed E-state index contributed by atoms with van der Waals surface area (Å²) < 4.78 is 10.5. The van der Waals surface area contributed by atoms with Gasteiger partial charge in [-0.1, -0.05) is 0 Å². The van der Waals surface area contributed by atoms with E-state index in [9.17, 15) is 4.79 Å². The summed E-state index contributed by atoms with van der Waals surface area (Å²) in [4.78, 5) is 13.5. The zero-order chi connectivity index (χ0) is 13.1. The number of rotatable bonds is 4. The Balaban J connectivity index is 2.29. The maximum absolute atomic E-state index is 11.7. The maximum Gasteiger partial charge on any atom is 0.318 e. The molecule has 1 saturated heterocycles. The van der Waals surface area contributed by atoms with Crippen molar-refractivity contribution in [2.24, 2.45) is 0 Å². The number of ether oxygens (including phenoxy) is 2. The fourth-order valence-electron chi connectivity index (χ4n) is 2.15. The monoisotopic (exact) mass is 250 g/mol. The average molecular weight is 250 g/mol.